The maximum absolute atomic E-state index is 5.56. The summed E-state index contributed by atoms with van der Waals surface area (Å²) in [5, 5.41) is 7.73. The zero-order chi connectivity index (χ0) is 12.3. The minimum atomic E-state index is 0.797. The molecule has 0 unspecified atom stereocenters. The summed E-state index contributed by atoms with van der Waals surface area (Å²) < 4.78 is 8.58. The van der Waals surface area contributed by atoms with Gasteiger partial charge < -0.3 is 10.1 Å². The summed E-state index contributed by atoms with van der Waals surface area (Å²) in [4.78, 5) is 0. The smallest absolute Gasteiger partial charge is 0.0739 e. The topological polar surface area (TPSA) is 39.1 Å². The molecule has 0 radical (unpaired) electrons. The van der Waals surface area contributed by atoms with E-state index in [0.29, 0.717) is 0 Å². The Bertz CT molecular complexity index is 374. The van der Waals surface area contributed by atoms with Gasteiger partial charge in [0, 0.05) is 26.7 Å². The van der Waals surface area contributed by atoms with Gasteiger partial charge in [0.25, 0.3) is 0 Å². The number of nitrogens with zero attached hydrogens (tertiary/aromatic N) is 2. The first-order chi connectivity index (χ1) is 8.18. The summed E-state index contributed by atoms with van der Waals surface area (Å²) in [6.45, 7) is 5.46. The van der Waals surface area contributed by atoms with Crippen LogP contribution < -0.4 is 5.32 Å². The second-order valence-electron chi connectivity index (χ2n) is 4.66. The summed E-state index contributed by atoms with van der Waals surface area (Å²) in [6.07, 6.45) is 2.71. The maximum atomic E-state index is 5.56. The Morgan fingerprint density at radius 3 is 2.88 bits per heavy atom. The summed E-state index contributed by atoms with van der Waals surface area (Å²) in [5.74, 6) is 0.851. The largest absolute Gasteiger partial charge is 0.380 e. The first-order valence-electron chi connectivity index (χ1n) is 6.15. The Morgan fingerprint density at radius 1 is 1.53 bits per heavy atom. The van der Waals surface area contributed by atoms with Gasteiger partial charge in [-0.1, -0.05) is 0 Å². The molecular weight excluding hydrogens is 282 g/mol. The highest BCUT2D eigenvalue weighted by atomic mass is 79.9. The van der Waals surface area contributed by atoms with E-state index in [2.05, 4.69) is 26.3 Å². The third-order valence-corrected chi connectivity index (χ3v) is 4.06. The third-order valence-electron chi connectivity index (χ3n) is 3.03. The molecule has 0 amide bonds. The molecule has 1 aliphatic rings. The van der Waals surface area contributed by atoms with Gasteiger partial charge in [0.05, 0.1) is 22.5 Å². The SMILES string of the molecule is Cc1nn(C)c(CNCCOCC2CC2)c1Br. The molecule has 1 heterocycles. The van der Waals surface area contributed by atoms with Gasteiger partial charge in [0.15, 0.2) is 0 Å². The van der Waals surface area contributed by atoms with Crippen LogP contribution in [-0.4, -0.2) is 29.5 Å². The Kier molecular flexibility index (Phi) is 4.59. The number of hydrogen-bond acceptors (Lipinski definition) is 3. The van der Waals surface area contributed by atoms with E-state index in [9.17, 15) is 0 Å². The van der Waals surface area contributed by atoms with Gasteiger partial charge in [0.2, 0.25) is 0 Å². The lowest BCUT2D eigenvalue weighted by Crippen LogP contribution is -2.21. The molecule has 0 aromatic carbocycles. The molecule has 0 spiro atoms. The standard InChI is InChI=1S/C12H20BrN3O/c1-9-12(13)11(16(2)15-9)7-14-5-6-17-8-10-3-4-10/h10,14H,3-8H2,1-2H3. The molecule has 0 saturated heterocycles. The predicted molar refractivity (Wildman–Crippen MR) is 70.9 cm³/mol. The molecule has 4 nitrogen and oxygen atoms in total. The summed E-state index contributed by atoms with van der Waals surface area (Å²) in [6, 6.07) is 0. The number of hydrogen-bond donors (Lipinski definition) is 1. The van der Waals surface area contributed by atoms with Gasteiger partial charge in [0.1, 0.15) is 0 Å². The molecule has 5 heteroatoms. The molecule has 1 N–H and O–H groups in total. The minimum Gasteiger partial charge on any atom is -0.380 e. The van der Waals surface area contributed by atoms with Crippen LogP contribution in [0.25, 0.3) is 0 Å². The molecule has 1 fully saturated rings. The molecular formula is C12H20BrN3O. The molecule has 1 aliphatic carbocycles. The second-order valence-corrected chi connectivity index (χ2v) is 5.46. The van der Waals surface area contributed by atoms with Crippen LogP contribution in [0.3, 0.4) is 0 Å². The fourth-order valence-corrected chi connectivity index (χ4v) is 2.23. The average Bonchev–Trinajstić information content (AvgIpc) is 3.07. The lowest BCUT2D eigenvalue weighted by molar-refractivity contribution is 0.126. The molecule has 1 aromatic heterocycles. The van der Waals surface area contributed by atoms with Crippen molar-refractivity contribution in [2.45, 2.75) is 26.3 Å². The van der Waals surface area contributed by atoms with Crippen molar-refractivity contribution in [1.29, 1.82) is 0 Å². The third kappa shape index (κ3) is 3.79. The van der Waals surface area contributed by atoms with Crippen molar-refractivity contribution in [3.8, 4) is 0 Å². The van der Waals surface area contributed by atoms with E-state index in [-0.39, 0.29) is 0 Å². The Labute approximate surface area is 111 Å². The number of rotatable bonds is 7. The molecule has 0 aliphatic heterocycles. The van der Waals surface area contributed by atoms with Gasteiger partial charge >= 0.3 is 0 Å². The molecule has 0 bridgehead atoms. The van der Waals surface area contributed by atoms with Crippen LogP contribution >= 0.6 is 15.9 Å². The van der Waals surface area contributed by atoms with E-state index in [4.69, 9.17) is 4.74 Å². The van der Waals surface area contributed by atoms with Crippen molar-refractivity contribution in [1.82, 2.24) is 15.1 Å². The quantitative estimate of drug-likeness (QED) is 0.783. The van der Waals surface area contributed by atoms with E-state index in [1.54, 1.807) is 0 Å². The number of nitrogens with one attached hydrogen (secondary N) is 1. The number of aryl methyl sites for hydroxylation is 2. The lowest BCUT2D eigenvalue weighted by atomic mass is 10.3. The minimum absolute atomic E-state index is 0.797. The van der Waals surface area contributed by atoms with E-state index >= 15 is 0 Å². The van der Waals surface area contributed by atoms with Crippen LogP contribution in [0.15, 0.2) is 4.47 Å². The predicted octanol–water partition coefficient (Wildman–Crippen LogP) is 2.01. The Morgan fingerprint density at radius 2 is 2.29 bits per heavy atom. The average molecular weight is 302 g/mol. The van der Waals surface area contributed by atoms with E-state index in [1.165, 1.54) is 18.5 Å². The fraction of sp³-hybridized carbons (Fsp3) is 0.750. The first kappa shape index (κ1) is 13.1. The van der Waals surface area contributed by atoms with Crippen LogP contribution in [0.4, 0.5) is 0 Å². The van der Waals surface area contributed by atoms with Gasteiger partial charge in [-0.2, -0.15) is 5.10 Å². The Balaban J connectivity index is 1.63. The second kappa shape index (κ2) is 5.98. The number of aromatic nitrogens is 2. The van der Waals surface area contributed by atoms with Gasteiger partial charge in [-0.3, -0.25) is 4.68 Å². The van der Waals surface area contributed by atoms with Crippen molar-refractivity contribution in [3.63, 3.8) is 0 Å². The highest BCUT2D eigenvalue weighted by Crippen LogP contribution is 2.28. The van der Waals surface area contributed by atoms with Crippen molar-refractivity contribution in [2.24, 2.45) is 13.0 Å². The number of ether oxygens (including phenoxy) is 1. The number of halogens is 1. The van der Waals surface area contributed by atoms with Crippen LogP contribution in [0.1, 0.15) is 24.2 Å². The van der Waals surface area contributed by atoms with Gasteiger partial charge in [-0.15, -0.1) is 0 Å². The molecule has 1 aromatic rings. The molecule has 1 saturated carbocycles. The van der Waals surface area contributed by atoms with Gasteiger partial charge in [-0.25, -0.2) is 0 Å². The van der Waals surface area contributed by atoms with Crippen molar-refractivity contribution in [3.05, 3.63) is 15.9 Å². The van der Waals surface area contributed by atoms with E-state index in [0.717, 1.165) is 42.4 Å². The normalized spacial score (nSPS) is 15.5. The first-order valence-corrected chi connectivity index (χ1v) is 6.94. The summed E-state index contributed by atoms with van der Waals surface area (Å²) in [5.41, 5.74) is 2.22. The maximum Gasteiger partial charge on any atom is 0.0739 e. The molecule has 17 heavy (non-hydrogen) atoms. The highest BCUT2D eigenvalue weighted by molar-refractivity contribution is 9.10. The van der Waals surface area contributed by atoms with Crippen molar-refractivity contribution >= 4 is 15.9 Å². The van der Waals surface area contributed by atoms with Crippen LogP contribution in [0, 0.1) is 12.8 Å². The molecule has 2 rings (SSSR count). The van der Waals surface area contributed by atoms with Gasteiger partial charge in [-0.05, 0) is 41.6 Å². The van der Waals surface area contributed by atoms with Crippen molar-refractivity contribution in [2.75, 3.05) is 19.8 Å². The van der Waals surface area contributed by atoms with Crippen LogP contribution in [0.5, 0.6) is 0 Å². The van der Waals surface area contributed by atoms with Crippen molar-refractivity contribution < 1.29 is 4.74 Å². The van der Waals surface area contributed by atoms with E-state index in [1.807, 2.05) is 18.7 Å². The molecule has 0 atom stereocenters. The van der Waals surface area contributed by atoms with Crippen LogP contribution in [0.2, 0.25) is 0 Å². The monoisotopic (exact) mass is 301 g/mol. The Hall–Kier alpha value is -0.390. The van der Waals surface area contributed by atoms with E-state index < -0.39 is 0 Å². The summed E-state index contributed by atoms with van der Waals surface area (Å²) in [7, 11) is 1.97. The fourth-order valence-electron chi connectivity index (χ4n) is 1.76. The molecule has 96 valence electrons. The zero-order valence-corrected chi connectivity index (χ0v) is 12.1. The summed E-state index contributed by atoms with van der Waals surface area (Å²) >= 11 is 3.56. The van der Waals surface area contributed by atoms with Crippen LogP contribution in [-0.2, 0) is 18.3 Å². The zero-order valence-electron chi connectivity index (χ0n) is 10.5. The lowest BCUT2D eigenvalue weighted by Gasteiger charge is -2.06. The highest BCUT2D eigenvalue weighted by Gasteiger charge is 2.20.